The molecule has 0 saturated heterocycles. The smallest absolute Gasteiger partial charge is 0.267 e. The number of hydrogen-bond donors (Lipinski definition) is 1. The van der Waals surface area contributed by atoms with Crippen LogP contribution in [0.2, 0.25) is 14.4 Å². The summed E-state index contributed by atoms with van der Waals surface area (Å²) in [5, 5.41) is 6.17. The van der Waals surface area contributed by atoms with Crippen LogP contribution in [-0.2, 0) is 0 Å². The van der Waals surface area contributed by atoms with Crippen LogP contribution < -0.4 is 5.32 Å². The van der Waals surface area contributed by atoms with E-state index in [9.17, 15) is 4.79 Å². The van der Waals surface area contributed by atoms with Gasteiger partial charge in [-0.05, 0) is 30.3 Å². The molecule has 0 atom stereocenters. The number of nitrogens with one attached hydrogen (secondary N) is 1. The van der Waals surface area contributed by atoms with Crippen molar-refractivity contribution in [2.45, 2.75) is 0 Å². The van der Waals surface area contributed by atoms with Crippen LogP contribution in [0.15, 0.2) is 35.7 Å². The van der Waals surface area contributed by atoms with E-state index in [1.807, 2.05) is 5.38 Å². The Hall–Kier alpha value is -1.11. The Morgan fingerprint density at radius 2 is 1.95 bits per heavy atom. The fourth-order valence-electron chi connectivity index (χ4n) is 1.74. The van der Waals surface area contributed by atoms with Crippen LogP contribution in [-0.4, -0.2) is 10.9 Å². The van der Waals surface area contributed by atoms with E-state index in [-0.39, 0.29) is 5.91 Å². The first-order valence-electron chi connectivity index (χ1n) is 6.00. The van der Waals surface area contributed by atoms with Crippen LogP contribution in [0.3, 0.4) is 0 Å². The first-order chi connectivity index (χ1) is 10.5. The van der Waals surface area contributed by atoms with E-state index in [4.69, 9.17) is 34.8 Å². The molecule has 0 fully saturated rings. The molecular formula is C14H7Cl3N2OS2. The van der Waals surface area contributed by atoms with Crippen molar-refractivity contribution in [2.24, 2.45) is 0 Å². The fourth-order valence-corrected chi connectivity index (χ4v) is 3.77. The minimum absolute atomic E-state index is 0.241. The van der Waals surface area contributed by atoms with Gasteiger partial charge in [-0.15, -0.1) is 22.7 Å². The topological polar surface area (TPSA) is 42.0 Å². The third-order valence-electron chi connectivity index (χ3n) is 2.73. The molecule has 8 heteroatoms. The number of thiophene rings is 1. The number of thiazole rings is 1. The van der Waals surface area contributed by atoms with Crippen LogP contribution in [0.1, 0.15) is 9.67 Å². The molecule has 1 aromatic carbocycles. The summed E-state index contributed by atoms with van der Waals surface area (Å²) < 4.78 is 0.565. The maximum Gasteiger partial charge on any atom is 0.267 e. The molecule has 112 valence electrons. The van der Waals surface area contributed by atoms with Crippen molar-refractivity contribution in [1.82, 2.24) is 4.98 Å². The van der Waals surface area contributed by atoms with Crippen molar-refractivity contribution in [3.63, 3.8) is 0 Å². The fraction of sp³-hybridized carbons (Fsp3) is 0. The van der Waals surface area contributed by atoms with Gasteiger partial charge in [0, 0.05) is 16.0 Å². The maximum atomic E-state index is 12.1. The average molecular weight is 390 g/mol. The highest BCUT2D eigenvalue weighted by Crippen LogP contribution is 2.33. The number of nitrogens with zero attached hydrogens (tertiary/aromatic N) is 1. The highest BCUT2D eigenvalue weighted by atomic mass is 35.5. The van der Waals surface area contributed by atoms with Crippen LogP contribution in [0.25, 0.3) is 11.3 Å². The van der Waals surface area contributed by atoms with Gasteiger partial charge in [0.25, 0.3) is 5.91 Å². The molecule has 0 spiro atoms. The lowest BCUT2D eigenvalue weighted by Gasteiger charge is -2.01. The van der Waals surface area contributed by atoms with Crippen LogP contribution in [0.4, 0.5) is 5.13 Å². The number of anilines is 1. The van der Waals surface area contributed by atoms with Crippen molar-refractivity contribution in [3.05, 3.63) is 55.0 Å². The molecule has 3 aromatic rings. The molecule has 2 heterocycles. The van der Waals surface area contributed by atoms with Gasteiger partial charge in [-0.2, -0.15) is 0 Å². The van der Waals surface area contributed by atoms with Gasteiger partial charge in [0.1, 0.15) is 0 Å². The maximum absolute atomic E-state index is 12.1. The number of carbonyl (C=O) groups is 1. The average Bonchev–Trinajstić information content (AvgIpc) is 3.11. The molecule has 0 bridgehead atoms. The molecule has 0 aliphatic carbocycles. The predicted molar refractivity (Wildman–Crippen MR) is 94.9 cm³/mol. The zero-order chi connectivity index (χ0) is 15.7. The monoisotopic (exact) mass is 388 g/mol. The van der Waals surface area contributed by atoms with Gasteiger partial charge in [-0.1, -0.05) is 34.8 Å². The minimum Gasteiger partial charge on any atom is -0.297 e. The van der Waals surface area contributed by atoms with Gasteiger partial charge in [-0.3, -0.25) is 10.1 Å². The first kappa shape index (κ1) is 15.8. The normalized spacial score (nSPS) is 10.7. The van der Waals surface area contributed by atoms with Gasteiger partial charge >= 0.3 is 0 Å². The van der Waals surface area contributed by atoms with Crippen LogP contribution in [0, 0.1) is 0 Å². The zero-order valence-corrected chi connectivity index (χ0v) is 14.7. The molecule has 2 aromatic heterocycles. The standard InChI is InChI=1S/C14H7Cl3N2OS2/c15-7-1-2-9(16)8(5-7)10-6-21-14(18-10)19-13(20)11-3-4-12(17)22-11/h1-6H,(H,18,19,20). The molecule has 22 heavy (non-hydrogen) atoms. The summed E-state index contributed by atoms with van der Waals surface area (Å²) in [5.74, 6) is -0.241. The van der Waals surface area contributed by atoms with Gasteiger partial charge < -0.3 is 0 Å². The van der Waals surface area contributed by atoms with Crippen LogP contribution >= 0.6 is 57.5 Å². The van der Waals surface area contributed by atoms with E-state index in [1.165, 1.54) is 22.7 Å². The molecule has 0 unspecified atom stereocenters. The molecule has 0 aliphatic heterocycles. The lowest BCUT2D eigenvalue weighted by Crippen LogP contribution is -2.09. The number of amides is 1. The number of hydrogen-bond acceptors (Lipinski definition) is 4. The number of rotatable bonds is 3. The third kappa shape index (κ3) is 3.45. The summed E-state index contributed by atoms with van der Waals surface area (Å²) in [6.07, 6.45) is 0. The van der Waals surface area contributed by atoms with Crippen molar-refractivity contribution in [1.29, 1.82) is 0 Å². The second-order valence-electron chi connectivity index (χ2n) is 4.22. The predicted octanol–water partition coefficient (Wildman–Crippen LogP) is 6.08. The summed E-state index contributed by atoms with van der Waals surface area (Å²) in [6.45, 7) is 0. The number of aromatic nitrogens is 1. The molecule has 3 rings (SSSR count). The quantitative estimate of drug-likeness (QED) is 0.589. The van der Waals surface area contributed by atoms with Gasteiger partial charge in [0.2, 0.25) is 0 Å². The number of benzene rings is 1. The van der Waals surface area contributed by atoms with E-state index >= 15 is 0 Å². The number of halogens is 3. The molecule has 3 nitrogen and oxygen atoms in total. The Labute approximate surface area is 149 Å². The Kier molecular flexibility index (Phi) is 4.70. The second-order valence-corrected chi connectivity index (χ2v) is 7.64. The SMILES string of the molecule is O=C(Nc1nc(-c2cc(Cl)ccc2Cl)cs1)c1ccc(Cl)s1. The third-order valence-corrected chi connectivity index (χ3v) is 5.28. The van der Waals surface area contributed by atoms with Gasteiger partial charge in [0.05, 0.1) is 19.9 Å². The van der Waals surface area contributed by atoms with Gasteiger partial charge in [-0.25, -0.2) is 4.98 Å². The van der Waals surface area contributed by atoms with Gasteiger partial charge in [0.15, 0.2) is 5.13 Å². The molecule has 1 amide bonds. The van der Waals surface area contributed by atoms with Crippen molar-refractivity contribution in [2.75, 3.05) is 5.32 Å². The molecular weight excluding hydrogens is 383 g/mol. The summed E-state index contributed by atoms with van der Waals surface area (Å²) in [6, 6.07) is 8.52. The lowest BCUT2D eigenvalue weighted by molar-refractivity contribution is 0.103. The first-order valence-corrected chi connectivity index (χ1v) is 8.83. The van der Waals surface area contributed by atoms with E-state index in [1.54, 1.807) is 30.3 Å². The molecule has 0 saturated carbocycles. The summed E-state index contributed by atoms with van der Waals surface area (Å²) in [5.41, 5.74) is 1.39. The second kappa shape index (κ2) is 6.56. The Balaban J connectivity index is 1.82. The number of carbonyl (C=O) groups excluding carboxylic acids is 1. The highest BCUT2D eigenvalue weighted by Gasteiger charge is 2.13. The minimum atomic E-state index is -0.241. The molecule has 0 aliphatic rings. The summed E-state index contributed by atoms with van der Waals surface area (Å²) in [7, 11) is 0. The van der Waals surface area contributed by atoms with Crippen molar-refractivity contribution >= 4 is 68.5 Å². The Morgan fingerprint density at radius 3 is 2.68 bits per heavy atom. The van der Waals surface area contributed by atoms with E-state index in [0.29, 0.717) is 30.1 Å². The van der Waals surface area contributed by atoms with Crippen molar-refractivity contribution in [3.8, 4) is 11.3 Å². The lowest BCUT2D eigenvalue weighted by atomic mass is 10.2. The molecule has 0 radical (unpaired) electrons. The highest BCUT2D eigenvalue weighted by molar-refractivity contribution is 7.18. The Morgan fingerprint density at radius 1 is 1.14 bits per heavy atom. The summed E-state index contributed by atoms with van der Waals surface area (Å²) in [4.78, 5) is 17.0. The van der Waals surface area contributed by atoms with E-state index < -0.39 is 0 Å². The van der Waals surface area contributed by atoms with Crippen LogP contribution in [0.5, 0.6) is 0 Å². The Bertz CT molecular complexity index is 844. The zero-order valence-electron chi connectivity index (χ0n) is 10.8. The van der Waals surface area contributed by atoms with E-state index in [2.05, 4.69) is 10.3 Å². The van der Waals surface area contributed by atoms with E-state index in [0.717, 1.165) is 5.56 Å². The van der Waals surface area contributed by atoms with Crippen molar-refractivity contribution < 1.29 is 4.79 Å². The molecule has 1 N–H and O–H groups in total. The largest absolute Gasteiger partial charge is 0.297 e. The summed E-state index contributed by atoms with van der Waals surface area (Å²) >= 11 is 20.5.